The normalized spacial score (nSPS) is 14.5. The van der Waals surface area contributed by atoms with E-state index in [0.717, 1.165) is 5.01 Å². The van der Waals surface area contributed by atoms with Gasteiger partial charge in [-0.25, -0.2) is 9.80 Å². The summed E-state index contributed by atoms with van der Waals surface area (Å²) in [5.41, 5.74) is 3.66. The molecule has 8 heteroatoms. The van der Waals surface area contributed by atoms with Gasteiger partial charge in [0.15, 0.2) is 6.61 Å². The Morgan fingerprint density at radius 2 is 1.90 bits per heavy atom. The molecule has 0 radical (unpaired) electrons. The van der Waals surface area contributed by atoms with Crippen molar-refractivity contribution in [2.75, 3.05) is 18.2 Å². The first kappa shape index (κ1) is 19.6. The van der Waals surface area contributed by atoms with Crippen LogP contribution >= 0.6 is 0 Å². The van der Waals surface area contributed by atoms with Gasteiger partial charge in [0.1, 0.15) is 17.4 Å². The second-order valence-electron chi connectivity index (χ2n) is 5.89. The van der Waals surface area contributed by atoms with Crippen LogP contribution < -0.4 is 15.2 Å². The molecular formula is C21H17N3O5. The Labute approximate surface area is 166 Å². The molecule has 0 aromatic heterocycles. The van der Waals surface area contributed by atoms with Gasteiger partial charge >= 0.3 is 5.97 Å². The molecule has 1 aliphatic rings. The molecule has 29 heavy (non-hydrogen) atoms. The summed E-state index contributed by atoms with van der Waals surface area (Å²) < 4.78 is 10.3. The molecule has 1 heterocycles. The van der Waals surface area contributed by atoms with Crippen LogP contribution in [-0.4, -0.2) is 31.0 Å². The summed E-state index contributed by atoms with van der Waals surface area (Å²) in [6, 6.07) is 14.8. The van der Waals surface area contributed by atoms with E-state index in [1.165, 1.54) is 30.3 Å². The summed E-state index contributed by atoms with van der Waals surface area (Å²) >= 11 is 0. The van der Waals surface area contributed by atoms with Gasteiger partial charge in [-0.15, -0.1) is 0 Å². The summed E-state index contributed by atoms with van der Waals surface area (Å²) in [6.45, 7) is 1.82. The van der Waals surface area contributed by atoms with Crippen LogP contribution in [0, 0.1) is 11.3 Å². The first-order chi connectivity index (χ1) is 14.0. The zero-order chi connectivity index (χ0) is 20.8. The van der Waals surface area contributed by atoms with E-state index < -0.39 is 17.8 Å². The molecule has 0 saturated carbocycles. The third-order valence-corrected chi connectivity index (χ3v) is 4.04. The van der Waals surface area contributed by atoms with Gasteiger partial charge in [-0.2, -0.15) is 5.26 Å². The number of benzene rings is 2. The summed E-state index contributed by atoms with van der Waals surface area (Å²) in [5, 5.41) is 9.79. The molecule has 1 fully saturated rings. The van der Waals surface area contributed by atoms with Crippen molar-refractivity contribution in [2.45, 2.75) is 6.92 Å². The van der Waals surface area contributed by atoms with Gasteiger partial charge in [-0.3, -0.25) is 15.0 Å². The summed E-state index contributed by atoms with van der Waals surface area (Å²) in [5.74, 6) is -1.20. The van der Waals surface area contributed by atoms with E-state index in [9.17, 15) is 14.4 Å². The molecule has 0 spiro atoms. The Balaban J connectivity index is 1.84. The van der Waals surface area contributed by atoms with Crippen LogP contribution in [0.4, 0.5) is 5.69 Å². The van der Waals surface area contributed by atoms with Crippen molar-refractivity contribution in [3.8, 4) is 11.8 Å². The largest absolute Gasteiger partial charge is 0.478 e. The Kier molecular flexibility index (Phi) is 5.90. The standard InChI is InChI=1S/C21H17N3O5/c1-2-28-21(27)14-7-9-16(10-8-14)24-20(26)17(19(25)23-24)13-15-5-3-4-6-18(15)29-12-11-22/h3-10,13H,2,12H2,1H3,(H,23,25)/b17-13+. The Hall–Kier alpha value is -4.12. The summed E-state index contributed by atoms with van der Waals surface area (Å²) in [6.07, 6.45) is 1.41. The molecule has 3 rings (SSSR count). The monoisotopic (exact) mass is 391 g/mol. The van der Waals surface area contributed by atoms with E-state index in [0.29, 0.717) is 22.6 Å². The number of nitriles is 1. The molecule has 2 amide bonds. The predicted molar refractivity (Wildman–Crippen MR) is 104 cm³/mol. The number of esters is 1. The highest BCUT2D eigenvalue weighted by atomic mass is 16.5. The fourth-order valence-corrected chi connectivity index (χ4v) is 2.70. The second-order valence-corrected chi connectivity index (χ2v) is 5.89. The van der Waals surface area contributed by atoms with E-state index in [4.69, 9.17) is 14.7 Å². The molecule has 1 N–H and O–H groups in total. The molecule has 0 unspecified atom stereocenters. The summed E-state index contributed by atoms with van der Waals surface area (Å²) in [4.78, 5) is 36.8. The fraction of sp³-hybridized carbons (Fsp3) is 0.143. The molecule has 146 valence electrons. The molecule has 2 aromatic rings. The van der Waals surface area contributed by atoms with Gasteiger partial charge in [0.05, 0.1) is 17.9 Å². The Morgan fingerprint density at radius 1 is 1.17 bits per heavy atom. The van der Waals surface area contributed by atoms with Crippen LogP contribution in [-0.2, 0) is 14.3 Å². The number of nitrogens with zero attached hydrogens (tertiary/aromatic N) is 2. The van der Waals surface area contributed by atoms with Crippen molar-refractivity contribution in [1.29, 1.82) is 5.26 Å². The maximum absolute atomic E-state index is 12.8. The predicted octanol–water partition coefficient (Wildman–Crippen LogP) is 2.23. The van der Waals surface area contributed by atoms with Crippen molar-refractivity contribution >= 4 is 29.5 Å². The number of hydrogen-bond donors (Lipinski definition) is 1. The molecule has 0 bridgehead atoms. The zero-order valence-corrected chi connectivity index (χ0v) is 15.5. The molecule has 0 aliphatic carbocycles. The molecule has 8 nitrogen and oxygen atoms in total. The fourth-order valence-electron chi connectivity index (χ4n) is 2.70. The number of hydrazine groups is 1. The number of para-hydroxylation sites is 1. The Bertz CT molecular complexity index is 1020. The minimum atomic E-state index is -0.570. The van der Waals surface area contributed by atoms with Gasteiger partial charge in [-0.1, -0.05) is 18.2 Å². The van der Waals surface area contributed by atoms with Gasteiger partial charge in [-0.05, 0) is 43.3 Å². The van der Waals surface area contributed by atoms with Crippen LogP contribution in [0.15, 0.2) is 54.1 Å². The number of hydrogen-bond acceptors (Lipinski definition) is 6. The third-order valence-electron chi connectivity index (χ3n) is 4.04. The minimum Gasteiger partial charge on any atom is -0.478 e. The lowest BCUT2D eigenvalue weighted by Crippen LogP contribution is -2.35. The first-order valence-corrected chi connectivity index (χ1v) is 8.78. The molecule has 1 aliphatic heterocycles. The lowest BCUT2D eigenvalue weighted by atomic mass is 10.1. The second kappa shape index (κ2) is 8.71. The van der Waals surface area contributed by atoms with E-state index in [1.54, 1.807) is 31.2 Å². The van der Waals surface area contributed by atoms with E-state index in [-0.39, 0.29) is 18.8 Å². The molecule has 2 aromatic carbocycles. The highest BCUT2D eigenvalue weighted by molar-refractivity contribution is 6.31. The van der Waals surface area contributed by atoms with Crippen LogP contribution in [0.5, 0.6) is 5.75 Å². The quantitative estimate of drug-likeness (QED) is 0.459. The number of ether oxygens (including phenoxy) is 2. The van der Waals surface area contributed by atoms with E-state index in [1.807, 2.05) is 6.07 Å². The molecule has 1 saturated heterocycles. The average molecular weight is 391 g/mol. The van der Waals surface area contributed by atoms with Gasteiger partial charge < -0.3 is 9.47 Å². The van der Waals surface area contributed by atoms with Crippen molar-refractivity contribution in [3.05, 3.63) is 65.2 Å². The maximum atomic E-state index is 12.8. The zero-order valence-electron chi connectivity index (χ0n) is 15.5. The van der Waals surface area contributed by atoms with Crippen LogP contribution in [0.3, 0.4) is 0 Å². The van der Waals surface area contributed by atoms with Crippen molar-refractivity contribution in [2.24, 2.45) is 0 Å². The lowest BCUT2D eigenvalue weighted by Gasteiger charge is -2.14. The number of carbonyl (C=O) groups is 3. The smallest absolute Gasteiger partial charge is 0.338 e. The van der Waals surface area contributed by atoms with Crippen LogP contribution in [0.1, 0.15) is 22.8 Å². The number of carbonyl (C=O) groups excluding carboxylic acids is 3. The lowest BCUT2D eigenvalue weighted by molar-refractivity contribution is -0.117. The van der Waals surface area contributed by atoms with Crippen molar-refractivity contribution < 1.29 is 23.9 Å². The number of anilines is 1. The SMILES string of the molecule is CCOC(=O)c1ccc(N2NC(=O)/C(=C\c3ccccc3OCC#N)C2=O)cc1. The van der Waals surface area contributed by atoms with Crippen LogP contribution in [0.2, 0.25) is 0 Å². The number of rotatable bonds is 6. The number of nitrogens with one attached hydrogen (secondary N) is 1. The van der Waals surface area contributed by atoms with E-state index in [2.05, 4.69) is 5.43 Å². The van der Waals surface area contributed by atoms with Crippen LogP contribution in [0.25, 0.3) is 6.08 Å². The van der Waals surface area contributed by atoms with Gasteiger partial charge in [0.2, 0.25) is 0 Å². The number of amides is 2. The topological polar surface area (TPSA) is 109 Å². The minimum absolute atomic E-state index is 0.0764. The van der Waals surface area contributed by atoms with Crippen molar-refractivity contribution in [1.82, 2.24) is 5.43 Å². The molecule has 0 atom stereocenters. The summed E-state index contributed by atoms with van der Waals surface area (Å²) in [7, 11) is 0. The first-order valence-electron chi connectivity index (χ1n) is 8.78. The highest BCUT2D eigenvalue weighted by Gasteiger charge is 2.34. The maximum Gasteiger partial charge on any atom is 0.338 e. The van der Waals surface area contributed by atoms with Gasteiger partial charge in [0, 0.05) is 5.56 Å². The average Bonchev–Trinajstić information content (AvgIpc) is 3.01. The Morgan fingerprint density at radius 3 is 2.59 bits per heavy atom. The van der Waals surface area contributed by atoms with E-state index >= 15 is 0 Å². The highest BCUT2D eigenvalue weighted by Crippen LogP contribution is 2.25. The van der Waals surface area contributed by atoms with Gasteiger partial charge in [0.25, 0.3) is 11.8 Å². The molecular weight excluding hydrogens is 374 g/mol. The van der Waals surface area contributed by atoms with Crippen molar-refractivity contribution in [3.63, 3.8) is 0 Å². The third kappa shape index (κ3) is 4.25.